The Bertz CT molecular complexity index is 796. The minimum absolute atomic E-state index is 0.256. The molecule has 2 aromatic rings. The number of thiocarbonyl (C=S) groups is 2. The summed E-state index contributed by atoms with van der Waals surface area (Å²) in [5.41, 5.74) is 8.60. The number of hydrogen-bond donors (Lipinski definition) is 4. The molecule has 0 saturated carbocycles. The molecular weight excluding hydrogens is 412 g/mol. The van der Waals surface area contributed by atoms with E-state index in [1.165, 1.54) is 31.2 Å². The normalized spacial score (nSPS) is 10.3. The summed E-state index contributed by atoms with van der Waals surface area (Å²) >= 11 is 10.2. The van der Waals surface area contributed by atoms with Gasteiger partial charge in [-0.15, -0.1) is 0 Å². The lowest BCUT2D eigenvalue weighted by Crippen LogP contribution is -2.29. The predicted molar refractivity (Wildman–Crippen MR) is 135 cm³/mol. The molecule has 0 heterocycles. The average molecular weight is 445 g/mol. The fourth-order valence-electron chi connectivity index (χ4n) is 2.94. The van der Waals surface area contributed by atoms with Crippen LogP contribution in [0.25, 0.3) is 0 Å². The lowest BCUT2D eigenvalue weighted by molar-refractivity contribution is 0.304. The molecule has 0 aromatic heterocycles. The molecule has 0 unspecified atom stereocenters. The fraction of sp³-hybridized carbons (Fsp3) is 0.391. The molecule has 5 nitrogen and oxygen atoms in total. The van der Waals surface area contributed by atoms with Gasteiger partial charge in [-0.25, -0.2) is 0 Å². The summed E-state index contributed by atoms with van der Waals surface area (Å²) in [5.74, 6) is 0.831. The maximum absolute atomic E-state index is 5.80. The molecule has 0 spiro atoms. The Morgan fingerprint density at radius 3 is 2.30 bits per heavy atom. The first-order valence-corrected chi connectivity index (χ1v) is 11.3. The van der Waals surface area contributed by atoms with Crippen molar-refractivity contribution < 1.29 is 4.74 Å². The van der Waals surface area contributed by atoms with Gasteiger partial charge in [-0.05, 0) is 68.5 Å². The molecule has 0 saturated heterocycles. The Kier molecular flexibility index (Phi) is 11.0. The number of nitrogens with one attached hydrogen (secondary N) is 3. The van der Waals surface area contributed by atoms with Gasteiger partial charge in [0.15, 0.2) is 10.2 Å². The number of aryl methyl sites for hydroxylation is 1. The predicted octanol–water partition coefficient (Wildman–Crippen LogP) is 5.36. The number of rotatable bonds is 12. The fourth-order valence-corrected chi connectivity index (χ4v) is 3.28. The van der Waals surface area contributed by atoms with Gasteiger partial charge in [-0.1, -0.05) is 49.4 Å². The second kappa shape index (κ2) is 13.8. The van der Waals surface area contributed by atoms with Crippen LogP contribution in [0.2, 0.25) is 0 Å². The molecular formula is C23H32N4OS2. The molecule has 7 heteroatoms. The zero-order valence-electron chi connectivity index (χ0n) is 17.6. The summed E-state index contributed by atoms with van der Waals surface area (Å²) in [6.07, 6.45) is 7.00. The monoisotopic (exact) mass is 444 g/mol. The zero-order chi connectivity index (χ0) is 21.6. The Morgan fingerprint density at radius 1 is 0.867 bits per heavy atom. The first-order valence-electron chi connectivity index (χ1n) is 10.4. The Hall–Kier alpha value is -2.38. The van der Waals surface area contributed by atoms with Crippen molar-refractivity contribution in [1.29, 1.82) is 0 Å². The third-order valence-electron chi connectivity index (χ3n) is 4.54. The SMILES string of the molecule is Cc1ccc(NC(=S)NCCCCCCCCOc2cccc(NC(N)=S)c2)cc1. The van der Waals surface area contributed by atoms with E-state index in [9.17, 15) is 0 Å². The van der Waals surface area contributed by atoms with Gasteiger partial charge in [-0.2, -0.15) is 0 Å². The van der Waals surface area contributed by atoms with Crippen LogP contribution in [0.1, 0.15) is 44.1 Å². The van der Waals surface area contributed by atoms with Crippen molar-refractivity contribution in [2.45, 2.75) is 45.4 Å². The average Bonchev–Trinajstić information content (AvgIpc) is 2.71. The number of unbranched alkanes of at least 4 members (excludes halogenated alkanes) is 5. The second-order valence-electron chi connectivity index (χ2n) is 7.23. The highest BCUT2D eigenvalue weighted by molar-refractivity contribution is 7.80. The van der Waals surface area contributed by atoms with Crippen LogP contribution in [0.5, 0.6) is 5.75 Å². The maximum atomic E-state index is 5.80. The number of ether oxygens (including phenoxy) is 1. The van der Waals surface area contributed by atoms with Crippen LogP contribution in [-0.2, 0) is 0 Å². The minimum Gasteiger partial charge on any atom is -0.494 e. The molecule has 0 atom stereocenters. The zero-order valence-corrected chi connectivity index (χ0v) is 19.2. The van der Waals surface area contributed by atoms with Gasteiger partial charge in [0.1, 0.15) is 5.75 Å². The van der Waals surface area contributed by atoms with Crippen molar-refractivity contribution in [3.05, 3.63) is 54.1 Å². The molecule has 0 aliphatic heterocycles. The summed E-state index contributed by atoms with van der Waals surface area (Å²) in [4.78, 5) is 0. The van der Waals surface area contributed by atoms with Crippen molar-refractivity contribution in [2.75, 3.05) is 23.8 Å². The second-order valence-corrected chi connectivity index (χ2v) is 8.08. The third kappa shape index (κ3) is 10.4. The van der Waals surface area contributed by atoms with E-state index in [2.05, 4.69) is 35.0 Å². The lowest BCUT2D eigenvalue weighted by atomic mass is 10.1. The van der Waals surface area contributed by atoms with Crippen LogP contribution in [0.4, 0.5) is 11.4 Å². The molecule has 0 fully saturated rings. The van der Waals surface area contributed by atoms with Crippen LogP contribution >= 0.6 is 24.4 Å². The summed E-state index contributed by atoms with van der Waals surface area (Å²) < 4.78 is 5.80. The van der Waals surface area contributed by atoms with Crippen LogP contribution in [-0.4, -0.2) is 23.4 Å². The van der Waals surface area contributed by atoms with Gasteiger partial charge in [0.05, 0.1) is 6.61 Å². The molecule has 0 radical (unpaired) electrons. The standard InChI is InChI=1S/C23H32N4OS2/c1-18-11-13-19(14-12-18)27-23(30)25-15-6-4-2-3-5-7-16-28-21-10-8-9-20(17-21)26-22(24)29/h8-14,17H,2-7,15-16H2,1H3,(H3,24,26,29)(H2,25,27,30). The maximum Gasteiger partial charge on any atom is 0.170 e. The first-order chi connectivity index (χ1) is 14.5. The minimum atomic E-state index is 0.256. The number of benzene rings is 2. The Morgan fingerprint density at radius 2 is 1.57 bits per heavy atom. The highest BCUT2D eigenvalue weighted by atomic mass is 32.1. The quantitative estimate of drug-likeness (QED) is 0.260. The van der Waals surface area contributed by atoms with Crippen molar-refractivity contribution in [3.8, 4) is 5.75 Å². The van der Waals surface area contributed by atoms with Crippen molar-refractivity contribution in [2.24, 2.45) is 5.73 Å². The molecule has 0 bridgehead atoms. The lowest BCUT2D eigenvalue weighted by Gasteiger charge is -2.11. The van der Waals surface area contributed by atoms with Crippen LogP contribution < -0.4 is 26.4 Å². The van der Waals surface area contributed by atoms with Crippen LogP contribution in [0, 0.1) is 6.92 Å². The van der Waals surface area contributed by atoms with Crippen LogP contribution in [0.15, 0.2) is 48.5 Å². The number of anilines is 2. The highest BCUT2D eigenvalue weighted by Crippen LogP contribution is 2.17. The van der Waals surface area contributed by atoms with E-state index < -0.39 is 0 Å². The molecule has 0 amide bonds. The van der Waals surface area contributed by atoms with Gasteiger partial charge in [-0.3, -0.25) is 0 Å². The van der Waals surface area contributed by atoms with Crippen molar-refractivity contribution >= 4 is 46.0 Å². The van der Waals surface area contributed by atoms with Gasteiger partial charge >= 0.3 is 0 Å². The van der Waals surface area contributed by atoms with Crippen LogP contribution in [0.3, 0.4) is 0 Å². The molecule has 2 aromatic carbocycles. The molecule has 0 aliphatic rings. The largest absolute Gasteiger partial charge is 0.494 e. The van der Waals surface area contributed by atoms with E-state index in [1.54, 1.807) is 0 Å². The van der Waals surface area contributed by atoms with E-state index in [-0.39, 0.29) is 5.11 Å². The number of hydrogen-bond acceptors (Lipinski definition) is 3. The molecule has 0 aliphatic carbocycles. The summed E-state index contributed by atoms with van der Waals surface area (Å²) in [5, 5.41) is 10.3. The van der Waals surface area contributed by atoms with Crippen molar-refractivity contribution in [1.82, 2.24) is 5.32 Å². The summed E-state index contributed by atoms with van der Waals surface area (Å²) in [7, 11) is 0. The summed E-state index contributed by atoms with van der Waals surface area (Å²) in [6, 6.07) is 15.9. The smallest absolute Gasteiger partial charge is 0.170 e. The molecule has 30 heavy (non-hydrogen) atoms. The topological polar surface area (TPSA) is 71.3 Å². The van der Waals surface area contributed by atoms with Gasteiger partial charge in [0.25, 0.3) is 0 Å². The van der Waals surface area contributed by atoms with E-state index >= 15 is 0 Å². The molecule has 2 rings (SSSR count). The van der Waals surface area contributed by atoms with E-state index in [0.29, 0.717) is 5.11 Å². The van der Waals surface area contributed by atoms with Gasteiger partial charge < -0.3 is 26.4 Å². The van der Waals surface area contributed by atoms with E-state index in [0.717, 1.165) is 43.1 Å². The highest BCUT2D eigenvalue weighted by Gasteiger charge is 1.99. The van der Waals surface area contributed by atoms with E-state index in [1.807, 2.05) is 36.4 Å². The third-order valence-corrected chi connectivity index (χ3v) is 4.88. The van der Waals surface area contributed by atoms with Gasteiger partial charge in [0.2, 0.25) is 0 Å². The first kappa shape index (κ1) is 23.9. The van der Waals surface area contributed by atoms with Gasteiger partial charge in [0, 0.05) is 24.0 Å². The molecule has 162 valence electrons. The Balaban J connectivity index is 1.44. The Labute approximate surface area is 190 Å². The summed E-state index contributed by atoms with van der Waals surface area (Å²) in [6.45, 7) is 3.69. The van der Waals surface area contributed by atoms with Crippen molar-refractivity contribution in [3.63, 3.8) is 0 Å². The van der Waals surface area contributed by atoms with E-state index in [4.69, 9.17) is 34.9 Å². The molecule has 5 N–H and O–H groups in total. The number of nitrogens with two attached hydrogens (primary N) is 1.